The van der Waals surface area contributed by atoms with Gasteiger partial charge in [0.05, 0.1) is 11.0 Å². The number of rotatable bonds is 2. The van der Waals surface area contributed by atoms with Crippen LogP contribution < -0.4 is 5.56 Å². The minimum Gasteiger partial charge on any atom is -0.323 e. The van der Waals surface area contributed by atoms with Crippen molar-refractivity contribution in [2.45, 2.75) is 6.92 Å². The second kappa shape index (κ2) is 4.19. The Bertz CT molecular complexity index is 522. The summed E-state index contributed by atoms with van der Waals surface area (Å²) in [5.41, 5.74) is -0.542. The maximum absolute atomic E-state index is 11.1. The molecule has 0 bridgehead atoms. The summed E-state index contributed by atoms with van der Waals surface area (Å²) >= 11 is 0. The van der Waals surface area contributed by atoms with Gasteiger partial charge >= 0.3 is 11.2 Å². The average Bonchev–Trinajstić information content (AvgIpc) is 2.16. The highest BCUT2D eigenvalue weighted by molar-refractivity contribution is 5.59. The summed E-state index contributed by atoms with van der Waals surface area (Å²) in [6.45, 7) is 1.46. The molecule has 0 spiro atoms. The highest BCUT2D eigenvalue weighted by atomic mass is 16.6. The minimum absolute atomic E-state index is 0.246. The molecule has 1 aromatic heterocycles. The van der Waals surface area contributed by atoms with E-state index in [0.717, 1.165) is 0 Å². The summed E-state index contributed by atoms with van der Waals surface area (Å²) in [6.07, 6.45) is 3.92. The molecule has 0 aliphatic carbocycles. The summed E-state index contributed by atoms with van der Waals surface area (Å²) in [7, 11) is 0. The Hall–Kier alpha value is -2.42. The van der Waals surface area contributed by atoms with Gasteiger partial charge in [-0.2, -0.15) is 5.26 Å². The predicted octanol–water partition coefficient (Wildman–Crippen LogP) is 1.13. The summed E-state index contributed by atoms with van der Waals surface area (Å²) in [5, 5.41) is 18.9. The van der Waals surface area contributed by atoms with Crippen LogP contribution in [0.5, 0.6) is 0 Å². The molecule has 0 amide bonds. The zero-order valence-corrected chi connectivity index (χ0v) is 7.85. The van der Waals surface area contributed by atoms with Gasteiger partial charge in [0.25, 0.3) is 0 Å². The molecule has 0 saturated carbocycles. The maximum Gasteiger partial charge on any atom is 0.337 e. The van der Waals surface area contributed by atoms with Crippen molar-refractivity contribution in [3.05, 3.63) is 43.9 Å². The lowest BCUT2D eigenvalue weighted by Crippen LogP contribution is -2.13. The molecular formula is C9H7N3O3. The second-order valence-corrected chi connectivity index (χ2v) is 2.77. The molecular weight excluding hydrogens is 198 g/mol. The van der Waals surface area contributed by atoms with Crippen LogP contribution in [0.4, 0.5) is 5.69 Å². The average molecular weight is 205 g/mol. The highest BCUT2D eigenvalue weighted by Crippen LogP contribution is 2.16. The number of nitrogens with one attached hydrogen (secondary N) is 1. The lowest BCUT2D eigenvalue weighted by atomic mass is 10.1. The fourth-order valence-corrected chi connectivity index (χ4v) is 1.15. The Morgan fingerprint density at radius 2 is 2.33 bits per heavy atom. The van der Waals surface area contributed by atoms with Gasteiger partial charge in [0.15, 0.2) is 0 Å². The molecule has 0 unspecified atom stereocenters. The van der Waals surface area contributed by atoms with Gasteiger partial charge in [-0.1, -0.05) is 0 Å². The van der Waals surface area contributed by atoms with Gasteiger partial charge < -0.3 is 4.98 Å². The van der Waals surface area contributed by atoms with Crippen LogP contribution in [-0.2, 0) is 0 Å². The van der Waals surface area contributed by atoms with Crippen LogP contribution in [0.3, 0.4) is 0 Å². The number of nitrogens with zero attached hydrogens (tertiary/aromatic N) is 2. The van der Waals surface area contributed by atoms with E-state index in [1.165, 1.54) is 25.3 Å². The molecule has 76 valence electrons. The molecule has 6 heteroatoms. The molecule has 0 aliphatic heterocycles. The van der Waals surface area contributed by atoms with Crippen LogP contribution in [0.15, 0.2) is 17.1 Å². The molecule has 0 atom stereocenters. The molecule has 1 aromatic rings. The normalized spacial score (nSPS) is 10.1. The van der Waals surface area contributed by atoms with Crippen LogP contribution >= 0.6 is 0 Å². The lowest BCUT2D eigenvalue weighted by molar-refractivity contribution is -0.386. The van der Waals surface area contributed by atoms with E-state index in [4.69, 9.17) is 5.26 Å². The van der Waals surface area contributed by atoms with E-state index in [9.17, 15) is 14.9 Å². The summed E-state index contributed by atoms with van der Waals surface area (Å²) in [6, 6.07) is 1.76. The SMILES string of the molecule is Cc1c(C=CC#N)c[nH]c(=O)c1[N+](=O)[O-]. The van der Waals surface area contributed by atoms with Gasteiger partial charge in [0, 0.05) is 23.4 Å². The maximum atomic E-state index is 11.1. The van der Waals surface area contributed by atoms with E-state index in [2.05, 4.69) is 4.98 Å². The molecule has 0 aliphatic rings. The number of nitriles is 1. The van der Waals surface area contributed by atoms with Crippen molar-refractivity contribution < 1.29 is 4.92 Å². The predicted molar refractivity (Wildman–Crippen MR) is 53.1 cm³/mol. The first kappa shape index (κ1) is 10.7. The molecule has 0 aromatic carbocycles. The van der Waals surface area contributed by atoms with Crippen molar-refractivity contribution in [2.75, 3.05) is 0 Å². The topological polar surface area (TPSA) is 99.8 Å². The molecule has 1 N–H and O–H groups in total. The standard InChI is InChI=1S/C9H7N3O3/c1-6-7(3-2-4-10)5-11-9(13)8(6)12(14)15/h2-3,5H,1H3,(H,11,13). The first-order valence-electron chi connectivity index (χ1n) is 4.00. The number of H-pyrrole nitrogens is 1. The monoisotopic (exact) mass is 205 g/mol. The number of nitro groups is 1. The number of pyridine rings is 1. The van der Waals surface area contributed by atoms with E-state index in [0.29, 0.717) is 5.56 Å². The third kappa shape index (κ3) is 2.08. The zero-order valence-electron chi connectivity index (χ0n) is 7.85. The second-order valence-electron chi connectivity index (χ2n) is 2.77. The zero-order chi connectivity index (χ0) is 11.4. The van der Waals surface area contributed by atoms with Crippen LogP contribution in [-0.4, -0.2) is 9.91 Å². The molecule has 0 saturated heterocycles. The van der Waals surface area contributed by atoms with Crippen molar-refractivity contribution in [3.63, 3.8) is 0 Å². The van der Waals surface area contributed by atoms with Crippen molar-refractivity contribution in [1.29, 1.82) is 5.26 Å². The smallest absolute Gasteiger partial charge is 0.323 e. The first-order chi connectivity index (χ1) is 7.07. The van der Waals surface area contributed by atoms with E-state index in [1.807, 2.05) is 0 Å². The van der Waals surface area contributed by atoms with E-state index in [1.54, 1.807) is 6.07 Å². The minimum atomic E-state index is -0.744. The Kier molecular flexibility index (Phi) is 2.98. The molecule has 0 radical (unpaired) electrons. The summed E-state index contributed by atoms with van der Waals surface area (Å²) in [5.74, 6) is 0. The lowest BCUT2D eigenvalue weighted by Gasteiger charge is -1.99. The van der Waals surface area contributed by atoms with Gasteiger partial charge in [-0.25, -0.2) is 0 Å². The summed E-state index contributed by atoms with van der Waals surface area (Å²) < 4.78 is 0. The Morgan fingerprint density at radius 3 is 2.87 bits per heavy atom. The van der Waals surface area contributed by atoms with Crippen molar-refractivity contribution >= 4 is 11.8 Å². The highest BCUT2D eigenvalue weighted by Gasteiger charge is 2.17. The number of hydrogen-bond donors (Lipinski definition) is 1. The number of aromatic nitrogens is 1. The van der Waals surface area contributed by atoms with Gasteiger partial charge in [-0.15, -0.1) is 0 Å². The summed E-state index contributed by atoms with van der Waals surface area (Å²) in [4.78, 5) is 23.2. The van der Waals surface area contributed by atoms with Gasteiger partial charge in [-0.3, -0.25) is 14.9 Å². The van der Waals surface area contributed by atoms with Gasteiger partial charge in [-0.05, 0) is 13.0 Å². The third-order valence-corrected chi connectivity index (χ3v) is 1.88. The first-order valence-corrected chi connectivity index (χ1v) is 4.00. The molecule has 15 heavy (non-hydrogen) atoms. The fraction of sp³-hybridized carbons (Fsp3) is 0.111. The van der Waals surface area contributed by atoms with Gasteiger partial charge in [0.2, 0.25) is 0 Å². The van der Waals surface area contributed by atoms with Crippen LogP contribution in [0, 0.1) is 28.4 Å². The van der Waals surface area contributed by atoms with Crippen LogP contribution in [0.2, 0.25) is 0 Å². The Balaban J connectivity index is 3.43. The molecule has 0 fully saturated rings. The van der Waals surface area contributed by atoms with E-state index in [-0.39, 0.29) is 5.56 Å². The molecule has 1 heterocycles. The number of allylic oxidation sites excluding steroid dienone is 1. The molecule has 1 rings (SSSR count). The van der Waals surface area contributed by atoms with E-state index >= 15 is 0 Å². The largest absolute Gasteiger partial charge is 0.337 e. The van der Waals surface area contributed by atoms with Gasteiger partial charge in [0.1, 0.15) is 0 Å². The van der Waals surface area contributed by atoms with Crippen molar-refractivity contribution in [1.82, 2.24) is 4.98 Å². The van der Waals surface area contributed by atoms with Crippen molar-refractivity contribution in [2.24, 2.45) is 0 Å². The van der Waals surface area contributed by atoms with Crippen LogP contribution in [0.1, 0.15) is 11.1 Å². The van der Waals surface area contributed by atoms with Crippen LogP contribution in [0.25, 0.3) is 6.08 Å². The molecule has 6 nitrogen and oxygen atoms in total. The quantitative estimate of drug-likeness (QED) is 0.444. The number of aromatic amines is 1. The van der Waals surface area contributed by atoms with E-state index < -0.39 is 16.2 Å². The Labute approximate surface area is 84.6 Å². The number of hydrogen-bond acceptors (Lipinski definition) is 4. The Morgan fingerprint density at radius 1 is 1.67 bits per heavy atom. The fourth-order valence-electron chi connectivity index (χ4n) is 1.15. The third-order valence-electron chi connectivity index (χ3n) is 1.88. The van der Waals surface area contributed by atoms with Crippen molar-refractivity contribution in [3.8, 4) is 6.07 Å².